The molecule has 0 atom stereocenters. The number of aromatic nitrogens is 1. The molecule has 316 valence electrons. The van der Waals surface area contributed by atoms with Crippen molar-refractivity contribution in [1.29, 1.82) is 0 Å². The van der Waals surface area contributed by atoms with E-state index >= 15 is 0 Å². The van der Waals surface area contributed by atoms with Crippen LogP contribution in [0, 0.1) is 0 Å². The second-order valence-corrected chi connectivity index (χ2v) is 19.5. The van der Waals surface area contributed by atoms with Crippen molar-refractivity contribution in [1.82, 2.24) is 4.57 Å². The van der Waals surface area contributed by atoms with Crippen LogP contribution < -0.4 is 4.90 Å². The highest BCUT2D eigenvalue weighted by Gasteiger charge is 2.35. The van der Waals surface area contributed by atoms with Gasteiger partial charge in [0.15, 0.2) is 0 Å². The van der Waals surface area contributed by atoms with Crippen molar-refractivity contribution in [3.63, 3.8) is 0 Å². The molecule has 3 aromatic heterocycles. The van der Waals surface area contributed by atoms with Crippen molar-refractivity contribution < 1.29 is 4.42 Å². The van der Waals surface area contributed by atoms with Crippen molar-refractivity contribution >= 4 is 92.3 Å². The van der Waals surface area contributed by atoms with Crippen LogP contribution in [0.15, 0.2) is 223 Å². The van der Waals surface area contributed by atoms with Crippen LogP contribution in [0.4, 0.5) is 17.1 Å². The van der Waals surface area contributed by atoms with Crippen LogP contribution in [-0.4, -0.2) is 4.57 Å². The van der Waals surface area contributed by atoms with Gasteiger partial charge >= 0.3 is 0 Å². The Morgan fingerprint density at radius 1 is 0.433 bits per heavy atom. The minimum Gasteiger partial charge on any atom is -0.455 e. The molecule has 0 fully saturated rings. The first-order chi connectivity index (χ1) is 33.0. The van der Waals surface area contributed by atoms with E-state index in [0.717, 1.165) is 55.8 Å². The van der Waals surface area contributed by atoms with Gasteiger partial charge in [0.05, 0.1) is 22.1 Å². The highest BCUT2D eigenvalue weighted by atomic mass is 32.1. The normalized spacial score (nSPS) is 13.0. The number of fused-ring (bicyclic) bond motifs is 12. The number of para-hydroxylation sites is 3. The van der Waals surface area contributed by atoms with Crippen LogP contribution in [0.1, 0.15) is 25.0 Å². The fourth-order valence-corrected chi connectivity index (χ4v) is 12.3. The highest BCUT2D eigenvalue weighted by molar-refractivity contribution is 7.25. The molecule has 0 unspecified atom stereocenters. The quantitative estimate of drug-likeness (QED) is 0.166. The Morgan fingerprint density at radius 3 is 1.93 bits per heavy atom. The summed E-state index contributed by atoms with van der Waals surface area (Å²) in [6.45, 7) is 4.71. The van der Waals surface area contributed by atoms with E-state index in [9.17, 15) is 0 Å². The van der Waals surface area contributed by atoms with E-state index in [1.807, 2.05) is 11.3 Å². The standard InChI is InChI=1S/C63H42N2OS/c1-63(2)53-24-8-3-19-46(53)47-31-29-40(37-54(47)63)39-15-13-17-42(35-39)64(44-30-34-60-52(38-44)50-22-7-12-28-59(50)67-60)57-33-32-45(62-61(57)51-23-6-11-27-58(51)66-62)41-16-14-18-43(36-41)65-55-25-9-4-20-48(55)49-21-5-10-26-56(49)65/h3-38H,1-2H3. The molecule has 1 aliphatic rings. The van der Waals surface area contributed by atoms with E-state index in [4.69, 9.17) is 4.42 Å². The number of rotatable bonds is 6. The first-order valence-corrected chi connectivity index (χ1v) is 23.9. The summed E-state index contributed by atoms with van der Waals surface area (Å²) in [5.74, 6) is 0. The van der Waals surface area contributed by atoms with Gasteiger partial charge in [-0.3, -0.25) is 0 Å². The Labute approximate surface area is 392 Å². The lowest BCUT2D eigenvalue weighted by atomic mass is 9.81. The van der Waals surface area contributed by atoms with Crippen LogP contribution in [0.2, 0.25) is 0 Å². The second-order valence-electron chi connectivity index (χ2n) is 18.5. The van der Waals surface area contributed by atoms with Crippen molar-refractivity contribution in [2.45, 2.75) is 19.3 Å². The molecule has 0 radical (unpaired) electrons. The second kappa shape index (κ2) is 14.4. The largest absolute Gasteiger partial charge is 0.455 e. The van der Waals surface area contributed by atoms with Crippen LogP contribution >= 0.6 is 11.3 Å². The average molecular weight is 875 g/mol. The van der Waals surface area contributed by atoms with Crippen molar-refractivity contribution in [2.24, 2.45) is 0 Å². The van der Waals surface area contributed by atoms with E-state index in [0.29, 0.717) is 0 Å². The fourth-order valence-electron chi connectivity index (χ4n) is 11.2. The molecule has 0 saturated carbocycles. The first kappa shape index (κ1) is 38.1. The summed E-state index contributed by atoms with van der Waals surface area (Å²) in [6.07, 6.45) is 0. The van der Waals surface area contributed by atoms with Crippen molar-refractivity contribution in [2.75, 3.05) is 4.90 Å². The topological polar surface area (TPSA) is 21.3 Å². The molecule has 13 aromatic rings. The lowest BCUT2D eigenvalue weighted by Crippen LogP contribution is -2.14. The number of hydrogen-bond acceptors (Lipinski definition) is 3. The maximum Gasteiger partial charge on any atom is 0.145 e. The number of nitrogens with zero attached hydrogens (tertiary/aromatic N) is 2. The molecule has 3 nitrogen and oxygen atoms in total. The molecular weight excluding hydrogens is 833 g/mol. The average Bonchev–Trinajstić information content (AvgIpc) is 4.11. The summed E-state index contributed by atoms with van der Waals surface area (Å²) < 4.78 is 12.0. The van der Waals surface area contributed by atoms with E-state index in [1.165, 1.54) is 75.4 Å². The van der Waals surface area contributed by atoms with Crippen molar-refractivity contribution in [3.8, 4) is 39.1 Å². The fraction of sp³-hybridized carbons (Fsp3) is 0.0476. The molecule has 10 aromatic carbocycles. The number of benzene rings is 10. The molecule has 3 heterocycles. The van der Waals surface area contributed by atoms with Crippen LogP contribution in [0.5, 0.6) is 0 Å². The summed E-state index contributed by atoms with van der Waals surface area (Å²) in [5.41, 5.74) is 18.3. The molecule has 0 saturated heterocycles. The predicted octanol–water partition coefficient (Wildman–Crippen LogP) is 18.2. The Bertz CT molecular complexity index is 4110. The van der Waals surface area contributed by atoms with Gasteiger partial charge in [-0.25, -0.2) is 0 Å². The number of thiophene rings is 1. The smallest absolute Gasteiger partial charge is 0.145 e. The molecule has 67 heavy (non-hydrogen) atoms. The Kier molecular flexibility index (Phi) is 8.20. The van der Waals surface area contributed by atoms with Crippen LogP contribution in [0.3, 0.4) is 0 Å². The maximum atomic E-state index is 7.04. The van der Waals surface area contributed by atoms with Gasteiger partial charge in [0.25, 0.3) is 0 Å². The van der Waals surface area contributed by atoms with Gasteiger partial charge < -0.3 is 13.9 Å². The molecule has 14 rings (SSSR count). The molecule has 0 bridgehead atoms. The van der Waals surface area contributed by atoms with Crippen LogP contribution in [-0.2, 0) is 5.41 Å². The summed E-state index contributed by atoms with van der Waals surface area (Å²) in [5, 5.41) is 7.18. The van der Waals surface area contributed by atoms with E-state index < -0.39 is 0 Å². The van der Waals surface area contributed by atoms with E-state index in [-0.39, 0.29) is 5.41 Å². The zero-order valence-corrected chi connectivity index (χ0v) is 37.8. The van der Waals surface area contributed by atoms with Gasteiger partial charge in [0.1, 0.15) is 11.2 Å². The Balaban J connectivity index is 0.979. The molecule has 4 heteroatoms. The minimum atomic E-state index is -0.0943. The Hall–Kier alpha value is -8.18. The molecule has 1 aliphatic carbocycles. The van der Waals surface area contributed by atoms with Crippen molar-refractivity contribution in [3.05, 3.63) is 230 Å². The molecule has 0 N–H and O–H groups in total. The maximum absolute atomic E-state index is 7.04. The summed E-state index contributed by atoms with van der Waals surface area (Å²) in [7, 11) is 0. The molecule has 0 spiro atoms. The third kappa shape index (κ3) is 5.70. The molecular formula is C63H42N2OS. The van der Waals surface area contributed by atoms with Crippen LogP contribution in [0.25, 0.3) is 103 Å². The third-order valence-corrected chi connectivity index (χ3v) is 15.5. The minimum absolute atomic E-state index is 0.0943. The Morgan fingerprint density at radius 2 is 1.07 bits per heavy atom. The van der Waals surface area contributed by atoms with Gasteiger partial charge in [0.2, 0.25) is 0 Å². The van der Waals surface area contributed by atoms with Gasteiger partial charge in [-0.15, -0.1) is 11.3 Å². The van der Waals surface area contributed by atoms with Gasteiger partial charge in [-0.2, -0.15) is 0 Å². The van der Waals surface area contributed by atoms with Gasteiger partial charge in [0, 0.05) is 64.4 Å². The summed E-state index contributed by atoms with van der Waals surface area (Å²) in [4.78, 5) is 2.45. The lowest BCUT2D eigenvalue weighted by molar-refractivity contribution is 0.660. The van der Waals surface area contributed by atoms with Gasteiger partial charge in [-0.1, -0.05) is 147 Å². The van der Waals surface area contributed by atoms with E-state index in [1.54, 1.807) is 0 Å². The number of hydrogen-bond donors (Lipinski definition) is 0. The summed E-state index contributed by atoms with van der Waals surface area (Å²) in [6, 6.07) is 80.1. The SMILES string of the molecule is CC1(C)c2ccccc2-c2ccc(-c3cccc(N(c4ccc5sc6ccccc6c5c4)c4ccc(-c5cccc(-n6c7ccccc7c7ccccc76)c5)c5oc6ccccc6c45)c3)cc21. The zero-order valence-electron chi connectivity index (χ0n) is 37.0. The first-order valence-electron chi connectivity index (χ1n) is 23.1. The predicted molar refractivity (Wildman–Crippen MR) is 284 cm³/mol. The third-order valence-electron chi connectivity index (χ3n) is 14.4. The zero-order chi connectivity index (χ0) is 44.4. The number of anilines is 3. The monoisotopic (exact) mass is 874 g/mol. The molecule has 0 amide bonds. The highest BCUT2D eigenvalue weighted by Crippen LogP contribution is 2.51. The lowest BCUT2D eigenvalue weighted by Gasteiger charge is -2.27. The summed E-state index contributed by atoms with van der Waals surface area (Å²) >= 11 is 1.85. The molecule has 0 aliphatic heterocycles. The van der Waals surface area contributed by atoms with E-state index in [2.05, 4.69) is 242 Å². The number of furan rings is 1. The van der Waals surface area contributed by atoms with Gasteiger partial charge in [-0.05, 0) is 124 Å².